The van der Waals surface area contributed by atoms with E-state index in [-0.39, 0.29) is 0 Å². The Labute approximate surface area is 105 Å². The minimum Gasteiger partial charge on any atom is -0.390 e. The Hall–Kier alpha value is -0.860. The summed E-state index contributed by atoms with van der Waals surface area (Å²) in [5.74, 6) is 0. The van der Waals surface area contributed by atoms with Crippen molar-refractivity contribution in [3.63, 3.8) is 0 Å². The third-order valence-electron chi connectivity index (χ3n) is 3.73. The molecular weight excluding hydrogens is 212 g/mol. The number of hydrogen-bond donors (Lipinski definition) is 1. The summed E-state index contributed by atoms with van der Waals surface area (Å²) >= 11 is 0. The molecule has 2 nitrogen and oxygen atoms in total. The maximum atomic E-state index is 10.2. The average molecular weight is 236 g/mol. The molecule has 96 valence electrons. The van der Waals surface area contributed by atoms with E-state index in [2.05, 4.69) is 31.2 Å². The van der Waals surface area contributed by atoms with Gasteiger partial charge in [-0.15, -0.1) is 0 Å². The monoisotopic (exact) mass is 236 g/mol. The lowest BCUT2D eigenvalue weighted by Gasteiger charge is -2.32. The molecule has 1 aromatic rings. The van der Waals surface area contributed by atoms with Crippen LogP contribution in [0.15, 0.2) is 24.3 Å². The van der Waals surface area contributed by atoms with Gasteiger partial charge in [-0.2, -0.15) is 0 Å². The van der Waals surface area contributed by atoms with Crippen molar-refractivity contribution in [3.8, 4) is 0 Å². The summed E-state index contributed by atoms with van der Waals surface area (Å²) in [6.45, 7) is 6.13. The Morgan fingerprint density at radius 1 is 1.18 bits per heavy atom. The van der Waals surface area contributed by atoms with Gasteiger partial charge < -0.3 is 9.84 Å². The Balaban J connectivity index is 2.69. The van der Waals surface area contributed by atoms with E-state index in [0.29, 0.717) is 6.42 Å². The van der Waals surface area contributed by atoms with Crippen molar-refractivity contribution in [3.05, 3.63) is 35.4 Å². The molecule has 0 aliphatic heterocycles. The van der Waals surface area contributed by atoms with E-state index in [9.17, 15) is 5.11 Å². The first-order chi connectivity index (χ1) is 8.05. The van der Waals surface area contributed by atoms with Gasteiger partial charge >= 0.3 is 0 Å². The van der Waals surface area contributed by atoms with Gasteiger partial charge in [-0.1, -0.05) is 38.1 Å². The lowest BCUT2D eigenvalue weighted by molar-refractivity contribution is -0.0914. The van der Waals surface area contributed by atoms with E-state index in [4.69, 9.17) is 4.74 Å². The van der Waals surface area contributed by atoms with Gasteiger partial charge in [0.2, 0.25) is 0 Å². The van der Waals surface area contributed by atoms with Crippen molar-refractivity contribution in [1.82, 2.24) is 0 Å². The highest BCUT2D eigenvalue weighted by atomic mass is 16.5. The van der Waals surface area contributed by atoms with Gasteiger partial charge in [0.1, 0.15) is 0 Å². The molecular formula is C15H24O2. The van der Waals surface area contributed by atoms with Gasteiger partial charge in [-0.05, 0) is 30.9 Å². The molecule has 0 aliphatic carbocycles. The molecule has 1 aromatic carbocycles. The van der Waals surface area contributed by atoms with Crippen molar-refractivity contribution < 1.29 is 9.84 Å². The number of ether oxygens (including phenoxy) is 1. The second-order valence-corrected chi connectivity index (χ2v) is 4.76. The molecule has 0 aromatic heterocycles. The molecule has 0 bridgehead atoms. The minimum atomic E-state index is -0.468. The highest BCUT2D eigenvalue weighted by Gasteiger charge is 2.30. The standard InChI is InChI=1S/C15H24O2/c1-5-12-7-9-13(10-8-12)11-14(16)15(3,6-2)17-4/h7-10,14,16H,5-6,11H2,1-4H3. The summed E-state index contributed by atoms with van der Waals surface area (Å²) in [7, 11) is 1.66. The molecule has 0 amide bonds. The van der Waals surface area contributed by atoms with Crippen molar-refractivity contribution in [1.29, 1.82) is 0 Å². The first kappa shape index (κ1) is 14.2. The molecule has 0 spiro atoms. The van der Waals surface area contributed by atoms with Gasteiger partial charge in [0.25, 0.3) is 0 Å². The molecule has 17 heavy (non-hydrogen) atoms. The lowest BCUT2D eigenvalue weighted by atomic mass is 9.90. The largest absolute Gasteiger partial charge is 0.390 e. The lowest BCUT2D eigenvalue weighted by Crippen LogP contribution is -2.42. The maximum absolute atomic E-state index is 10.2. The van der Waals surface area contributed by atoms with Crippen LogP contribution in [0.25, 0.3) is 0 Å². The molecule has 1 N–H and O–H groups in total. The Kier molecular flexibility index (Phi) is 5.16. The predicted molar refractivity (Wildman–Crippen MR) is 71.2 cm³/mol. The molecule has 0 aliphatic rings. The van der Waals surface area contributed by atoms with Crippen molar-refractivity contribution >= 4 is 0 Å². The van der Waals surface area contributed by atoms with Crippen LogP contribution in [0.4, 0.5) is 0 Å². The quantitative estimate of drug-likeness (QED) is 0.823. The van der Waals surface area contributed by atoms with Crippen molar-refractivity contribution in [2.24, 2.45) is 0 Å². The first-order valence-corrected chi connectivity index (χ1v) is 6.36. The van der Waals surface area contributed by atoms with Crippen LogP contribution >= 0.6 is 0 Å². The van der Waals surface area contributed by atoms with Gasteiger partial charge in [0, 0.05) is 13.5 Å². The molecule has 0 fully saturated rings. The van der Waals surface area contributed by atoms with Crippen molar-refractivity contribution in [2.45, 2.75) is 51.7 Å². The molecule has 0 radical (unpaired) electrons. The Bertz CT molecular complexity index is 325. The van der Waals surface area contributed by atoms with E-state index in [1.807, 2.05) is 13.8 Å². The number of benzene rings is 1. The molecule has 0 saturated heterocycles. The van der Waals surface area contributed by atoms with Crippen LogP contribution in [0.5, 0.6) is 0 Å². The van der Waals surface area contributed by atoms with E-state index in [1.165, 1.54) is 5.56 Å². The van der Waals surface area contributed by atoms with Crippen LogP contribution in [0.2, 0.25) is 0 Å². The summed E-state index contributed by atoms with van der Waals surface area (Å²) in [6.07, 6.45) is 2.03. The summed E-state index contributed by atoms with van der Waals surface area (Å²) in [5.41, 5.74) is 2.03. The zero-order valence-electron chi connectivity index (χ0n) is 11.4. The van der Waals surface area contributed by atoms with Crippen LogP contribution in [0.1, 0.15) is 38.3 Å². The van der Waals surface area contributed by atoms with Crippen LogP contribution in [0.3, 0.4) is 0 Å². The maximum Gasteiger partial charge on any atom is 0.0909 e. The van der Waals surface area contributed by atoms with Gasteiger partial charge in [0.05, 0.1) is 11.7 Å². The van der Waals surface area contributed by atoms with Gasteiger partial charge in [-0.25, -0.2) is 0 Å². The number of aryl methyl sites for hydroxylation is 1. The zero-order valence-corrected chi connectivity index (χ0v) is 11.4. The molecule has 0 saturated carbocycles. The molecule has 1 rings (SSSR count). The molecule has 2 unspecified atom stereocenters. The van der Waals surface area contributed by atoms with E-state index < -0.39 is 11.7 Å². The third-order valence-corrected chi connectivity index (χ3v) is 3.73. The fraction of sp³-hybridized carbons (Fsp3) is 0.600. The molecule has 2 atom stereocenters. The Morgan fingerprint density at radius 2 is 1.71 bits per heavy atom. The highest BCUT2D eigenvalue weighted by molar-refractivity contribution is 5.23. The van der Waals surface area contributed by atoms with E-state index >= 15 is 0 Å². The van der Waals surface area contributed by atoms with Crippen LogP contribution < -0.4 is 0 Å². The first-order valence-electron chi connectivity index (χ1n) is 6.36. The smallest absolute Gasteiger partial charge is 0.0909 e. The fourth-order valence-corrected chi connectivity index (χ4v) is 1.87. The summed E-state index contributed by atoms with van der Waals surface area (Å²) < 4.78 is 5.42. The molecule has 2 heteroatoms. The van der Waals surface area contributed by atoms with E-state index in [0.717, 1.165) is 18.4 Å². The van der Waals surface area contributed by atoms with Crippen LogP contribution in [-0.4, -0.2) is 23.9 Å². The normalized spacial score (nSPS) is 16.5. The van der Waals surface area contributed by atoms with Crippen LogP contribution in [-0.2, 0) is 17.6 Å². The Morgan fingerprint density at radius 3 is 2.12 bits per heavy atom. The summed E-state index contributed by atoms with van der Waals surface area (Å²) in [6, 6.07) is 8.43. The van der Waals surface area contributed by atoms with E-state index in [1.54, 1.807) is 7.11 Å². The number of rotatable bonds is 6. The third kappa shape index (κ3) is 3.55. The minimum absolute atomic E-state index is 0.455. The van der Waals surface area contributed by atoms with Gasteiger partial charge in [-0.3, -0.25) is 0 Å². The number of hydrogen-bond acceptors (Lipinski definition) is 2. The topological polar surface area (TPSA) is 29.5 Å². The fourth-order valence-electron chi connectivity index (χ4n) is 1.87. The second kappa shape index (κ2) is 6.18. The number of aliphatic hydroxyl groups is 1. The van der Waals surface area contributed by atoms with Crippen LogP contribution in [0, 0.1) is 0 Å². The van der Waals surface area contributed by atoms with Crippen molar-refractivity contribution in [2.75, 3.05) is 7.11 Å². The van der Waals surface area contributed by atoms with Gasteiger partial charge in [0.15, 0.2) is 0 Å². The predicted octanol–water partition coefficient (Wildman–Crippen LogP) is 2.97. The number of aliphatic hydroxyl groups excluding tert-OH is 1. The molecule has 0 heterocycles. The highest BCUT2D eigenvalue weighted by Crippen LogP contribution is 2.22. The number of methoxy groups -OCH3 is 1. The SMILES string of the molecule is CCc1ccc(CC(O)C(C)(CC)OC)cc1. The average Bonchev–Trinajstić information content (AvgIpc) is 2.38. The zero-order chi connectivity index (χ0) is 12.9. The summed E-state index contributed by atoms with van der Waals surface area (Å²) in [4.78, 5) is 0. The second-order valence-electron chi connectivity index (χ2n) is 4.76. The summed E-state index contributed by atoms with van der Waals surface area (Å²) in [5, 5.41) is 10.2.